The Kier molecular flexibility index (Phi) is 72.4. The average molecular weight is 2300 g/mol. The molecule has 6 heterocycles. The third-order valence-corrected chi connectivity index (χ3v) is 24.0. The van der Waals surface area contributed by atoms with Gasteiger partial charge in [0.1, 0.15) is 48.6 Å². The van der Waals surface area contributed by atoms with Crippen molar-refractivity contribution in [2.75, 3.05) is 77.4 Å². The van der Waals surface area contributed by atoms with Gasteiger partial charge in [-0.1, -0.05) is 145 Å². The van der Waals surface area contributed by atoms with Gasteiger partial charge in [0.25, 0.3) is 0 Å². The van der Waals surface area contributed by atoms with Gasteiger partial charge in [0, 0.05) is 259 Å². The highest BCUT2D eigenvalue weighted by Crippen LogP contribution is 2.69. The second kappa shape index (κ2) is 71.9. The molecule has 2 saturated carbocycles. The molecule has 3 radical (unpaired) electrons. The summed E-state index contributed by atoms with van der Waals surface area (Å²) < 4.78 is 227. The van der Waals surface area contributed by atoms with Crippen LogP contribution < -0.4 is 30.3 Å². The number of aliphatic hydroxyl groups excluding tert-OH is 2. The van der Waals surface area contributed by atoms with Crippen molar-refractivity contribution in [3.8, 4) is 11.5 Å². The van der Waals surface area contributed by atoms with Crippen LogP contribution in [0.25, 0.3) is 0 Å². The first kappa shape index (κ1) is 141. The van der Waals surface area contributed by atoms with Crippen LogP contribution in [0.3, 0.4) is 0 Å². The molecule has 12 atom stereocenters. The third-order valence-electron chi connectivity index (χ3n) is 22.3. The molecular formula is C80H88BCl12F24N6O17. The predicted octanol–water partition coefficient (Wildman–Crippen LogP) is 26.7. The first-order chi connectivity index (χ1) is 66.3. The van der Waals surface area contributed by atoms with E-state index in [2.05, 4.69) is 100 Å². The van der Waals surface area contributed by atoms with Gasteiger partial charge in [-0.2, -0.15) is 0 Å². The van der Waals surface area contributed by atoms with E-state index in [1.54, 1.807) is 105 Å². The Bertz CT molecular complexity index is 4480. The van der Waals surface area contributed by atoms with Crippen molar-refractivity contribution in [2.45, 2.75) is 139 Å². The SMILES string of the molecule is CC[C@]12C=CCN3CC[C@@]4(c5ccc(OC)cc5N(C)[C@H]4[C@@](O)(CN)[C@@H]1O)[C@@H]32.CC[C@]12C=CCN3CC[C@@]4(c5ccc(OC)cc5N(C)[C@H]4[C@@](O)(CNC(=O)OCc4cccc(Cl)c4)[C@@H]1OC(C)=O)[C@@H]32.FF.FF.FF.FF.FF.FF.FF.FF.FF.FF.FF.FF.O=C(Cl)OCc1ccc(Cl)cc1.O=C(Cl)OCc1ccc(Cl)cc1.O=C(OC(Cl)(Cl)Cl)OC(Cl)(Cl)Cl.OCc1ccc(Cl)cc1.[B]. The highest BCUT2D eigenvalue weighted by Gasteiger charge is 2.79. The van der Waals surface area contributed by atoms with E-state index in [1.165, 1.54) is 12.5 Å². The molecule has 7 N–H and O–H groups in total. The highest BCUT2D eigenvalue weighted by atomic mass is 35.6. The number of rotatable bonds is 15. The summed E-state index contributed by atoms with van der Waals surface area (Å²) in [5.41, 5.74) is 7.33. The second-order valence-electron chi connectivity index (χ2n) is 28.5. The maximum Gasteiger partial charge on any atom is 0.515 e. The van der Waals surface area contributed by atoms with Crippen LogP contribution in [0.5, 0.6) is 11.5 Å². The maximum absolute atomic E-state index is 13.0. The fraction of sp³-hybridized carbons (Fsp3) is 0.438. The van der Waals surface area contributed by atoms with Crippen molar-refractivity contribution >= 4 is 188 Å². The van der Waals surface area contributed by atoms with Crippen molar-refractivity contribution in [1.29, 1.82) is 0 Å². The fourth-order valence-corrected chi connectivity index (χ4v) is 19.3. The normalized spacial score (nSPS) is 22.3. The van der Waals surface area contributed by atoms with Gasteiger partial charge in [0.05, 0.1) is 45.6 Å². The van der Waals surface area contributed by atoms with Gasteiger partial charge in [0.15, 0.2) is 0 Å². The van der Waals surface area contributed by atoms with Gasteiger partial charge >= 0.3 is 37.0 Å². The molecule has 60 heteroatoms. The van der Waals surface area contributed by atoms with E-state index in [0.717, 1.165) is 96.1 Å². The molecule has 0 unspecified atom stereocenters. The number of hydrogen-bond donors (Lipinski definition) is 6. The van der Waals surface area contributed by atoms with Gasteiger partial charge in [-0.25, -0.2) is 19.2 Å². The van der Waals surface area contributed by atoms with E-state index in [9.17, 15) is 39.3 Å². The van der Waals surface area contributed by atoms with Gasteiger partial charge in [-0.3, -0.25) is 14.6 Å². The van der Waals surface area contributed by atoms with Crippen LogP contribution in [0.1, 0.15) is 79.8 Å². The molecule has 2 saturated heterocycles. The quantitative estimate of drug-likeness (QED) is 0.0106. The summed E-state index contributed by atoms with van der Waals surface area (Å²) in [5.74, 6) is 1.04. The Morgan fingerprint density at radius 2 is 0.829 bits per heavy atom. The molecule has 4 fully saturated rings. The first-order valence-electron chi connectivity index (χ1n) is 37.9. The summed E-state index contributed by atoms with van der Waals surface area (Å²) in [4.78, 5) is 65.9. The summed E-state index contributed by atoms with van der Waals surface area (Å²) in [5, 5.41) is 50.6. The number of benzene rings is 6. The molecule has 0 bridgehead atoms. The number of carbonyl (C=O) groups is 5. The predicted molar refractivity (Wildman–Crippen MR) is 480 cm³/mol. The number of likely N-dealkylation sites (N-methyl/N-ethyl adjacent to an activating group) is 2. The Morgan fingerprint density at radius 1 is 0.479 bits per heavy atom. The number of ether oxygens (including phenoxy) is 8. The van der Waals surface area contributed by atoms with E-state index < -0.39 is 82.7 Å². The number of alkyl carbamates (subject to hydrolysis) is 1. The van der Waals surface area contributed by atoms with Gasteiger partial charge in [-0.15, -0.1) is 0 Å². The number of nitrogens with zero attached hydrogens (tertiary/aromatic N) is 4. The minimum atomic E-state index is -2.24. The first-order valence-corrected chi connectivity index (χ1v) is 42.4. The van der Waals surface area contributed by atoms with Crippen LogP contribution in [-0.4, -0.2) is 191 Å². The number of aliphatic hydroxyl groups is 4. The number of carbonyl (C=O) groups excluding carboxylic acids is 5. The molecule has 6 aromatic rings. The van der Waals surface area contributed by atoms with Crippen LogP contribution >= 0.6 is 139 Å². The van der Waals surface area contributed by atoms with Crippen LogP contribution in [-0.2, 0) is 70.5 Å². The molecule has 8 aliphatic rings. The molecule has 795 valence electrons. The number of hydrogen-bond acceptors (Lipinski definition) is 22. The zero-order chi connectivity index (χ0) is 108. The number of methoxy groups -OCH3 is 2. The minimum Gasteiger partial charge on any atom is -0.497 e. The molecular weight excluding hydrogens is 2210 g/mol. The van der Waals surface area contributed by atoms with E-state index in [4.69, 9.17) is 279 Å². The van der Waals surface area contributed by atoms with Crippen LogP contribution in [0.4, 0.5) is 140 Å². The number of nitrogens with two attached hydrogens (primary N) is 1. The number of amides is 1. The Labute approximate surface area is 846 Å². The summed E-state index contributed by atoms with van der Waals surface area (Å²) in [7, 11) is 7.29. The lowest BCUT2D eigenvalue weighted by Gasteiger charge is -2.64. The standard InChI is InChI=1S/C32H38ClN3O6.C22H31N3O3.2C8H6Cl2O2.C7H7ClO.C3Cl6O3.B.12F2/c1-5-30-12-7-14-36-15-13-31(26(30)36)24-11-10-23(40-4)17-25(24)35(3)27(31)32(39,28(30)42-20(2)37)19-34-29(38)41-18-21-8-6-9-22(33)16-21;1-4-20-8-5-10-25-11-9-21(17(20)25)15-7-6-14(28-3)12-16(15)24(2)18(21)22(27,13-23)19(20)26;2*9-7-3-1-6(2-4-7)5-12-8(10)11;8-7-3-1-6(5-9)2-4-7;4-2(5,6)11-1(10)12-3(7,8)9;;12*1-2/h6-12,16-17,26-28,39H,5,13-15,18-19H2,1-4H3,(H,34,38);5-8,12,17-19,26-27H,4,9-11,13,23H2,1-3H3;2*1-4H,5H2;1-4,9H,5H2;;;;;;;;;;;;;;/t26-,27+,28+,30+,31+,32-;17-,18+,19+,20+,21+,22-;;;;;;;;;;;;;;;;;/m00................./s1. The lowest BCUT2D eigenvalue weighted by Crippen LogP contribution is -2.81. The summed E-state index contributed by atoms with van der Waals surface area (Å²) >= 11 is 63.1. The molecule has 14 rings (SSSR count). The number of nitrogens with one attached hydrogen (secondary N) is 1. The van der Waals surface area contributed by atoms with E-state index in [0.29, 0.717) is 26.5 Å². The average Bonchev–Trinajstić information content (AvgIpc) is 1.48. The molecule has 6 aliphatic heterocycles. The van der Waals surface area contributed by atoms with Crippen molar-refractivity contribution < 1.29 is 192 Å². The topological polar surface area (TPSA) is 291 Å². The molecule has 140 heavy (non-hydrogen) atoms. The fourth-order valence-electron chi connectivity index (χ4n) is 18.2. The number of halogens is 36. The van der Waals surface area contributed by atoms with Crippen molar-refractivity contribution in [3.63, 3.8) is 0 Å². The second-order valence-corrected chi connectivity index (χ2v) is 35.2. The molecule has 23 nitrogen and oxygen atoms in total. The van der Waals surface area contributed by atoms with Crippen LogP contribution in [0.15, 0.2) is 158 Å². The number of esters is 1. The van der Waals surface area contributed by atoms with E-state index >= 15 is 0 Å². The summed E-state index contributed by atoms with van der Waals surface area (Å²) in [6, 6.07) is 39.8. The largest absolute Gasteiger partial charge is 0.515 e. The Hall–Kier alpha value is -7.47. The van der Waals surface area contributed by atoms with E-state index in [1.807, 2.05) is 38.4 Å². The zero-order valence-corrected chi connectivity index (χ0v) is 82.1. The van der Waals surface area contributed by atoms with Gasteiger partial charge in [-0.05, 0) is 202 Å². The molecule has 6 aromatic carbocycles. The lowest BCUT2D eigenvalue weighted by molar-refractivity contribution is -0.217. The highest BCUT2D eigenvalue weighted by molar-refractivity contribution is 6.67. The number of fused-ring (bicyclic) bond motifs is 2. The van der Waals surface area contributed by atoms with Gasteiger partial charge in [0.2, 0.25) is 0 Å². The maximum atomic E-state index is 13.0. The van der Waals surface area contributed by atoms with E-state index in [-0.39, 0.29) is 71.5 Å². The summed E-state index contributed by atoms with van der Waals surface area (Å²) in [6.07, 6.45) is 7.81. The zero-order valence-electron chi connectivity index (χ0n) is 73.0. The number of alkyl halides is 6. The molecule has 2 spiro atoms. The molecule has 1 amide bonds. The van der Waals surface area contributed by atoms with Crippen LogP contribution in [0, 0.1) is 10.8 Å². The van der Waals surface area contributed by atoms with Crippen LogP contribution in [0.2, 0.25) is 20.1 Å². The molecule has 0 aromatic heterocycles. The summed E-state index contributed by atoms with van der Waals surface area (Å²) in [6.45, 7) is 9.36. The lowest BCUT2D eigenvalue weighted by atomic mass is 9.47. The monoisotopic (exact) mass is 2290 g/mol. The smallest absolute Gasteiger partial charge is 0.497 e. The Morgan fingerprint density at radius 3 is 1.16 bits per heavy atom. The van der Waals surface area contributed by atoms with Crippen molar-refractivity contribution in [3.05, 3.63) is 211 Å². The number of anilines is 2. The Balaban J connectivity index is -0.000000537. The minimum absolute atomic E-state index is 0. The van der Waals surface area contributed by atoms with Crippen molar-refractivity contribution in [1.82, 2.24) is 15.1 Å². The van der Waals surface area contributed by atoms with Gasteiger partial charge < -0.3 is 79.2 Å². The van der Waals surface area contributed by atoms with Crippen molar-refractivity contribution in [2.24, 2.45) is 16.6 Å². The third kappa shape index (κ3) is 37.2. The molecule has 2 aliphatic carbocycles.